The molecule has 0 radical (unpaired) electrons. The first-order valence-electron chi connectivity index (χ1n) is 6.07. The van der Waals surface area contributed by atoms with Crippen LogP contribution >= 0.6 is 15.9 Å². The standard InChI is InChI=1S/C15H14BrN3/c1-8-4-3-5-11(9(8)2)15-18-13-7-10(16)6-12(17)14(13)19-15/h3-7H,17H2,1-2H3,(H,18,19). The van der Waals surface area contributed by atoms with Gasteiger partial charge in [0.25, 0.3) is 0 Å². The molecule has 0 amide bonds. The van der Waals surface area contributed by atoms with Crippen molar-refractivity contribution in [3.05, 3.63) is 45.9 Å². The minimum Gasteiger partial charge on any atom is -0.397 e. The first-order valence-corrected chi connectivity index (χ1v) is 6.87. The van der Waals surface area contributed by atoms with Gasteiger partial charge in [0.15, 0.2) is 0 Å². The number of hydrogen-bond acceptors (Lipinski definition) is 2. The van der Waals surface area contributed by atoms with E-state index in [-0.39, 0.29) is 0 Å². The number of nitrogen functional groups attached to an aromatic ring is 1. The Morgan fingerprint density at radius 1 is 1.21 bits per heavy atom. The summed E-state index contributed by atoms with van der Waals surface area (Å²) in [5.41, 5.74) is 12.1. The molecule has 0 saturated carbocycles. The number of aryl methyl sites for hydroxylation is 1. The van der Waals surface area contributed by atoms with Crippen molar-refractivity contribution in [1.29, 1.82) is 0 Å². The van der Waals surface area contributed by atoms with Gasteiger partial charge in [-0.1, -0.05) is 34.1 Å². The molecule has 0 atom stereocenters. The van der Waals surface area contributed by atoms with E-state index in [1.54, 1.807) is 0 Å². The maximum absolute atomic E-state index is 6.00. The van der Waals surface area contributed by atoms with Gasteiger partial charge < -0.3 is 10.7 Å². The number of H-pyrrole nitrogens is 1. The normalized spacial score (nSPS) is 11.1. The van der Waals surface area contributed by atoms with Crippen molar-refractivity contribution < 1.29 is 0 Å². The van der Waals surface area contributed by atoms with Crippen molar-refractivity contribution in [2.75, 3.05) is 5.73 Å². The van der Waals surface area contributed by atoms with Crippen LogP contribution in [0.4, 0.5) is 5.69 Å². The number of anilines is 1. The predicted octanol–water partition coefficient (Wildman–Crippen LogP) is 4.19. The highest BCUT2D eigenvalue weighted by molar-refractivity contribution is 9.10. The number of benzene rings is 2. The monoisotopic (exact) mass is 315 g/mol. The van der Waals surface area contributed by atoms with E-state index in [2.05, 4.69) is 51.9 Å². The zero-order valence-electron chi connectivity index (χ0n) is 10.8. The van der Waals surface area contributed by atoms with E-state index in [0.717, 1.165) is 26.9 Å². The molecular formula is C15H14BrN3. The molecule has 0 aliphatic heterocycles. The molecule has 1 aromatic heterocycles. The highest BCUT2D eigenvalue weighted by Crippen LogP contribution is 2.29. The highest BCUT2D eigenvalue weighted by Gasteiger charge is 2.11. The number of halogens is 1. The smallest absolute Gasteiger partial charge is 0.138 e. The summed E-state index contributed by atoms with van der Waals surface area (Å²) in [7, 11) is 0. The van der Waals surface area contributed by atoms with Crippen LogP contribution in [0.15, 0.2) is 34.8 Å². The van der Waals surface area contributed by atoms with E-state index in [1.165, 1.54) is 11.1 Å². The fraction of sp³-hybridized carbons (Fsp3) is 0.133. The largest absolute Gasteiger partial charge is 0.397 e. The molecule has 0 unspecified atom stereocenters. The molecule has 4 heteroatoms. The zero-order valence-corrected chi connectivity index (χ0v) is 12.4. The third-order valence-corrected chi connectivity index (χ3v) is 3.90. The Bertz CT molecular complexity index is 774. The van der Waals surface area contributed by atoms with Gasteiger partial charge in [-0.05, 0) is 37.1 Å². The van der Waals surface area contributed by atoms with E-state index in [0.29, 0.717) is 5.69 Å². The van der Waals surface area contributed by atoms with Crippen LogP contribution < -0.4 is 5.73 Å². The van der Waals surface area contributed by atoms with Gasteiger partial charge in [-0.2, -0.15) is 0 Å². The van der Waals surface area contributed by atoms with E-state index < -0.39 is 0 Å². The third kappa shape index (κ3) is 2.02. The van der Waals surface area contributed by atoms with Crippen LogP contribution in [-0.4, -0.2) is 9.97 Å². The lowest BCUT2D eigenvalue weighted by atomic mass is 10.0. The van der Waals surface area contributed by atoms with Gasteiger partial charge >= 0.3 is 0 Å². The SMILES string of the molecule is Cc1cccc(-c2nc3c(N)cc(Br)cc3[nH]2)c1C. The first kappa shape index (κ1) is 12.2. The van der Waals surface area contributed by atoms with E-state index in [9.17, 15) is 0 Å². The lowest BCUT2D eigenvalue weighted by molar-refractivity contribution is 1.27. The van der Waals surface area contributed by atoms with Gasteiger partial charge in [0.05, 0.1) is 11.2 Å². The average Bonchev–Trinajstić information content (AvgIpc) is 2.76. The first-order chi connectivity index (χ1) is 9.06. The topological polar surface area (TPSA) is 54.7 Å². The fourth-order valence-corrected chi connectivity index (χ4v) is 2.72. The van der Waals surface area contributed by atoms with Crippen molar-refractivity contribution in [3.8, 4) is 11.4 Å². The molecule has 3 rings (SSSR count). The maximum atomic E-state index is 6.00. The van der Waals surface area contributed by atoms with Gasteiger partial charge in [-0.25, -0.2) is 4.98 Å². The summed E-state index contributed by atoms with van der Waals surface area (Å²) in [6.07, 6.45) is 0. The molecule has 96 valence electrons. The van der Waals surface area contributed by atoms with Crippen LogP contribution in [0.25, 0.3) is 22.4 Å². The Morgan fingerprint density at radius 3 is 2.79 bits per heavy atom. The number of nitrogens with one attached hydrogen (secondary N) is 1. The van der Waals surface area contributed by atoms with Gasteiger partial charge in [-0.3, -0.25) is 0 Å². The second kappa shape index (κ2) is 4.38. The second-order valence-corrected chi connectivity index (χ2v) is 5.64. The molecule has 0 fully saturated rings. The number of nitrogens with two attached hydrogens (primary N) is 1. The van der Waals surface area contributed by atoms with Crippen LogP contribution in [0.2, 0.25) is 0 Å². The maximum Gasteiger partial charge on any atom is 0.138 e. The van der Waals surface area contributed by atoms with Crippen LogP contribution in [0.1, 0.15) is 11.1 Å². The minimum atomic E-state index is 0.678. The van der Waals surface area contributed by atoms with Crippen molar-refractivity contribution in [1.82, 2.24) is 9.97 Å². The van der Waals surface area contributed by atoms with E-state index in [1.807, 2.05) is 18.2 Å². The lowest BCUT2D eigenvalue weighted by Crippen LogP contribution is -1.88. The Labute approximate surface area is 120 Å². The molecule has 3 N–H and O–H groups in total. The Balaban J connectivity index is 2.26. The van der Waals surface area contributed by atoms with Crippen molar-refractivity contribution in [2.45, 2.75) is 13.8 Å². The minimum absolute atomic E-state index is 0.678. The molecule has 0 aliphatic carbocycles. The summed E-state index contributed by atoms with van der Waals surface area (Å²) in [4.78, 5) is 7.96. The molecule has 0 saturated heterocycles. The molecule has 3 aromatic rings. The van der Waals surface area contributed by atoms with Gasteiger partial charge in [0.1, 0.15) is 11.3 Å². The summed E-state index contributed by atoms with van der Waals surface area (Å²) in [5, 5.41) is 0. The molecular weight excluding hydrogens is 302 g/mol. The molecule has 0 aliphatic rings. The van der Waals surface area contributed by atoms with Crippen LogP contribution in [0.5, 0.6) is 0 Å². The molecule has 0 bridgehead atoms. The third-order valence-electron chi connectivity index (χ3n) is 3.44. The van der Waals surface area contributed by atoms with Gasteiger partial charge in [0.2, 0.25) is 0 Å². The number of aromatic amines is 1. The molecule has 0 spiro atoms. The predicted molar refractivity (Wildman–Crippen MR) is 83.1 cm³/mol. The molecule has 19 heavy (non-hydrogen) atoms. The Kier molecular flexibility index (Phi) is 2.82. The van der Waals surface area contributed by atoms with Crippen LogP contribution in [-0.2, 0) is 0 Å². The average molecular weight is 316 g/mol. The molecule has 2 aromatic carbocycles. The number of aromatic nitrogens is 2. The zero-order chi connectivity index (χ0) is 13.6. The van der Waals surface area contributed by atoms with Crippen LogP contribution in [0, 0.1) is 13.8 Å². The highest BCUT2D eigenvalue weighted by atomic mass is 79.9. The molecule has 1 heterocycles. The van der Waals surface area contributed by atoms with Gasteiger partial charge in [0, 0.05) is 10.0 Å². The Hall–Kier alpha value is -1.81. The van der Waals surface area contributed by atoms with Crippen LogP contribution in [0.3, 0.4) is 0 Å². The fourth-order valence-electron chi connectivity index (χ4n) is 2.24. The number of rotatable bonds is 1. The molecule has 3 nitrogen and oxygen atoms in total. The quantitative estimate of drug-likeness (QED) is 0.661. The summed E-state index contributed by atoms with van der Waals surface area (Å²) >= 11 is 3.45. The summed E-state index contributed by atoms with van der Waals surface area (Å²) in [6, 6.07) is 10.1. The number of imidazole rings is 1. The van der Waals surface area contributed by atoms with Gasteiger partial charge in [-0.15, -0.1) is 0 Å². The number of fused-ring (bicyclic) bond motifs is 1. The van der Waals surface area contributed by atoms with E-state index in [4.69, 9.17) is 5.73 Å². The van der Waals surface area contributed by atoms with Crippen molar-refractivity contribution >= 4 is 32.7 Å². The summed E-state index contributed by atoms with van der Waals surface area (Å²) in [6.45, 7) is 4.21. The van der Waals surface area contributed by atoms with E-state index >= 15 is 0 Å². The van der Waals surface area contributed by atoms with Crippen molar-refractivity contribution in [3.63, 3.8) is 0 Å². The number of hydrogen-bond donors (Lipinski definition) is 2. The summed E-state index contributed by atoms with van der Waals surface area (Å²) in [5.74, 6) is 0.862. The summed E-state index contributed by atoms with van der Waals surface area (Å²) < 4.78 is 0.952. The second-order valence-electron chi connectivity index (χ2n) is 4.72. The Morgan fingerprint density at radius 2 is 2.00 bits per heavy atom. The van der Waals surface area contributed by atoms with Crippen molar-refractivity contribution in [2.24, 2.45) is 0 Å². The lowest BCUT2D eigenvalue weighted by Gasteiger charge is -2.05. The number of nitrogens with zero attached hydrogens (tertiary/aromatic N) is 1.